The third-order valence-electron chi connectivity index (χ3n) is 5.93. The first-order valence-corrected chi connectivity index (χ1v) is 10.1. The van der Waals surface area contributed by atoms with Gasteiger partial charge in [0.25, 0.3) is 0 Å². The summed E-state index contributed by atoms with van der Waals surface area (Å²) in [6, 6.07) is 19.7. The van der Waals surface area contributed by atoms with E-state index < -0.39 is 6.04 Å². The Morgan fingerprint density at radius 2 is 1.83 bits per heavy atom. The van der Waals surface area contributed by atoms with E-state index >= 15 is 0 Å². The van der Waals surface area contributed by atoms with Crippen LogP contribution in [0.5, 0.6) is 0 Å². The van der Waals surface area contributed by atoms with E-state index in [4.69, 9.17) is 0 Å². The van der Waals surface area contributed by atoms with Gasteiger partial charge in [-0.15, -0.1) is 0 Å². The molecule has 1 fully saturated rings. The highest BCUT2D eigenvalue weighted by atomic mass is 16.1. The van der Waals surface area contributed by atoms with E-state index in [1.54, 1.807) is 0 Å². The van der Waals surface area contributed by atoms with Crippen molar-refractivity contribution in [2.24, 2.45) is 0 Å². The molecule has 2 aliphatic rings. The van der Waals surface area contributed by atoms with Gasteiger partial charge in [0.1, 0.15) is 12.3 Å². The second-order valence-electron chi connectivity index (χ2n) is 7.70. The first-order chi connectivity index (χ1) is 14.2. The fourth-order valence-electron chi connectivity index (χ4n) is 4.41. The zero-order valence-electron chi connectivity index (χ0n) is 16.7. The molecular formula is C25H25N3O. The Balaban J connectivity index is 1.86. The lowest BCUT2D eigenvalue weighted by molar-refractivity contribution is -0.107. The molecule has 2 heterocycles. The number of carbonyl (C=O) groups is 1. The van der Waals surface area contributed by atoms with Gasteiger partial charge < -0.3 is 9.69 Å². The molecule has 4 heteroatoms. The molecule has 4 nitrogen and oxygen atoms in total. The molecule has 0 bridgehead atoms. The normalized spacial score (nSPS) is 22.4. The molecular weight excluding hydrogens is 358 g/mol. The SMILES string of the molecule is CN1CCCCC1C1=CN(c2ccccc2)C(C=O)C(c2ccccc2C#N)=C1. The Kier molecular flexibility index (Phi) is 5.59. The van der Waals surface area contributed by atoms with Gasteiger partial charge in [0, 0.05) is 17.9 Å². The number of likely N-dealkylation sites (N-methyl/N-ethyl adjacent to an activating group) is 1. The van der Waals surface area contributed by atoms with E-state index in [1.165, 1.54) is 18.4 Å². The summed E-state index contributed by atoms with van der Waals surface area (Å²) >= 11 is 0. The molecule has 4 rings (SSSR count). The maximum Gasteiger partial charge on any atom is 0.147 e. The number of benzene rings is 2. The summed E-state index contributed by atoms with van der Waals surface area (Å²) in [7, 11) is 2.17. The average Bonchev–Trinajstić information content (AvgIpc) is 2.79. The minimum atomic E-state index is -0.468. The van der Waals surface area contributed by atoms with Crippen molar-refractivity contribution in [1.29, 1.82) is 5.26 Å². The molecule has 1 saturated heterocycles. The molecule has 2 aromatic carbocycles. The number of para-hydroxylation sites is 1. The van der Waals surface area contributed by atoms with Gasteiger partial charge in [-0.1, -0.05) is 42.8 Å². The van der Waals surface area contributed by atoms with E-state index in [2.05, 4.69) is 30.3 Å². The Morgan fingerprint density at radius 3 is 2.55 bits per heavy atom. The van der Waals surface area contributed by atoms with Crippen molar-refractivity contribution in [3.05, 3.63) is 83.6 Å². The fraction of sp³-hybridized carbons (Fsp3) is 0.280. The van der Waals surface area contributed by atoms with E-state index in [9.17, 15) is 10.1 Å². The Hall–Kier alpha value is -3.16. The molecule has 29 heavy (non-hydrogen) atoms. The molecule has 0 amide bonds. The second-order valence-corrected chi connectivity index (χ2v) is 7.70. The molecule has 2 aromatic rings. The van der Waals surface area contributed by atoms with Crippen LogP contribution in [-0.4, -0.2) is 36.9 Å². The number of nitrogens with zero attached hydrogens (tertiary/aromatic N) is 3. The van der Waals surface area contributed by atoms with Crippen LogP contribution in [0.1, 0.15) is 30.4 Å². The van der Waals surface area contributed by atoms with Crippen LogP contribution in [0.4, 0.5) is 5.69 Å². The van der Waals surface area contributed by atoms with Gasteiger partial charge in [-0.2, -0.15) is 5.26 Å². The number of likely N-dealkylation sites (tertiary alicyclic amines) is 1. The van der Waals surface area contributed by atoms with Crippen LogP contribution in [0.2, 0.25) is 0 Å². The van der Waals surface area contributed by atoms with Gasteiger partial charge in [-0.05, 0) is 67.4 Å². The summed E-state index contributed by atoms with van der Waals surface area (Å²) in [6.07, 6.45) is 8.76. The minimum absolute atomic E-state index is 0.312. The van der Waals surface area contributed by atoms with Crippen LogP contribution in [0.3, 0.4) is 0 Å². The summed E-state index contributed by atoms with van der Waals surface area (Å²) in [4.78, 5) is 16.7. The van der Waals surface area contributed by atoms with Crippen LogP contribution < -0.4 is 4.90 Å². The lowest BCUT2D eigenvalue weighted by atomic mass is 9.86. The van der Waals surface area contributed by atoms with Crippen LogP contribution in [0.25, 0.3) is 5.57 Å². The summed E-state index contributed by atoms with van der Waals surface area (Å²) in [5, 5.41) is 9.65. The van der Waals surface area contributed by atoms with Gasteiger partial charge in [-0.25, -0.2) is 0 Å². The molecule has 0 N–H and O–H groups in total. The van der Waals surface area contributed by atoms with Crippen molar-refractivity contribution < 1.29 is 4.79 Å². The third-order valence-corrected chi connectivity index (χ3v) is 5.93. The maximum atomic E-state index is 12.3. The van der Waals surface area contributed by atoms with E-state index in [0.717, 1.165) is 36.1 Å². The first-order valence-electron chi connectivity index (χ1n) is 10.1. The standard InChI is InChI=1S/C25H25N3O/c1-27-14-8-7-13-24(27)20-15-23(22-12-6-5-9-19(22)16-26)25(18-29)28(17-20)21-10-3-2-4-11-21/h2-6,9-12,15,17-18,24-25H,7-8,13-14H2,1H3. The molecule has 0 spiro atoms. The van der Waals surface area contributed by atoms with Crippen molar-refractivity contribution in [3.63, 3.8) is 0 Å². The predicted octanol–water partition coefficient (Wildman–Crippen LogP) is 4.40. The Morgan fingerprint density at radius 1 is 1.07 bits per heavy atom. The van der Waals surface area contributed by atoms with Gasteiger partial charge in [0.2, 0.25) is 0 Å². The van der Waals surface area contributed by atoms with Crippen molar-refractivity contribution in [1.82, 2.24) is 4.90 Å². The number of rotatable bonds is 4. The summed E-state index contributed by atoms with van der Waals surface area (Å²) in [6.45, 7) is 1.07. The number of nitriles is 1. The molecule has 0 saturated carbocycles. The predicted molar refractivity (Wildman–Crippen MR) is 116 cm³/mol. The van der Waals surface area contributed by atoms with Gasteiger partial charge in [0.15, 0.2) is 0 Å². The smallest absolute Gasteiger partial charge is 0.147 e. The lowest BCUT2D eigenvalue weighted by Crippen LogP contribution is -2.42. The van der Waals surface area contributed by atoms with Gasteiger partial charge in [0.05, 0.1) is 11.6 Å². The number of hydrogen-bond donors (Lipinski definition) is 0. The first kappa shape index (κ1) is 19.2. The van der Waals surface area contributed by atoms with Crippen LogP contribution in [0.15, 0.2) is 72.4 Å². The molecule has 146 valence electrons. The Bertz CT molecular complexity index is 987. The van der Waals surface area contributed by atoms with Gasteiger partial charge in [-0.3, -0.25) is 4.90 Å². The zero-order valence-corrected chi connectivity index (χ0v) is 16.7. The number of hydrogen-bond acceptors (Lipinski definition) is 4. The van der Waals surface area contributed by atoms with Crippen LogP contribution in [0, 0.1) is 11.3 Å². The van der Waals surface area contributed by atoms with Crippen molar-refractivity contribution in [2.45, 2.75) is 31.3 Å². The van der Waals surface area contributed by atoms with Crippen LogP contribution in [-0.2, 0) is 4.79 Å². The molecule has 2 aliphatic heterocycles. The number of anilines is 1. The van der Waals surface area contributed by atoms with E-state index in [1.807, 2.05) is 59.5 Å². The number of carbonyl (C=O) groups excluding carboxylic acids is 1. The number of aldehydes is 1. The van der Waals surface area contributed by atoms with Crippen LogP contribution >= 0.6 is 0 Å². The fourth-order valence-corrected chi connectivity index (χ4v) is 4.41. The van der Waals surface area contributed by atoms with Crippen molar-refractivity contribution in [3.8, 4) is 6.07 Å². The third kappa shape index (κ3) is 3.74. The maximum absolute atomic E-state index is 12.3. The molecule has 0 radical (unpaired) electrons. The largest absolute Gasteiger partial charge is 0.333 e. The minimum Gasteiger partial charge on any atom is -0.333 e. The topological polar surface area (TPSA) is 47.3 Å². The average molecular weight is 383 g/mol. The molecule has 2 unspecified atom stereocenters. The summed E-state index contributed by atoms with van der Waals surface area (Å²) < 4.78 is 0. The molecule has 2 atom stereocenters. The second kappa shape index (κ2) is 8.46. The molecule has 0 aromatic heterocycles. The lowest BCUT2D eigenvalue weighted by Gasteiger charge is -2.39. The Labute approximate surface area is 172 Å². The summed E-state index contributed by atoms with van der Waals surface area (Å²) in [5.41, 5.74) is 4.48. The number of piperidine rings is 1. The monoisotopic (exact) mass is 383 g/mol. The van der Waals surface area contributed by atoms with Crippen molar-refractivity contribution in [2.75, 3.05) is 18.5 Å². The highest BCUT2D eigenvalue weighted by Gasteiger charge is 2.31. The van der Waals surface area contributed by atoms with Gasteiger partial charge >= 0.3 is 0 Å². The highest BCUT2D eigenvalue weighted by Crippen LogP contribution is 2.36. The highest BCUT2D eigenvalue weighted by molar-refractivity contribution is 5.93. The summed E-state index contributed by atoms with van der Waals surface area (Å²) in [5.74, 6) is 0. The molecule has 0 aliphatic carbocycles. The van der Waals surface area contributed by atoms with E-state index in [0.29, 0.717) is 11.6 Å². The quantitative estimate of drug-likeness (QED) is 0.735. The van der Waals surface area contributed by atoms with Crippen molar-refractivity contribution >= 4 is 17.5 Å². The van der Waals surface area contributed by atoms with E-state index in [-0.39, 0.29) is 0 Å². The zero-order chi connectivity index (χ0) is 20.2.